The Hall–Kier alpha value is -4.33. The molecule has 0 saturated carbocycles. The summed E-state index contributed by atoms with van der Waals surface area (Å²) in [6.45, 7) is 9.34. The largest absolute Gasteiger partial charge is 0.329 e. The maximum Gasteiger partial charge on any atom is 0.329 e. The third-order valence-electron chi connectivity index (χ3n) is 6.92. The van der Waals surface area contributed by atoms with Gasteiger partial charge in [0.15, 0.2) is 0 Å². The Morgan fingerprint density at radius 3 is 2.47 bits per heavy atom. The standard InChI is InChI=1S/C30H33N7O/c1-5-8-27(24-9-6-7-10-26(24)30(2,3)4)37-18-17-36(29(37)38)20-21-11-13-22(14-12-21)25-19-31-16-15-23(25)28-32-34-35-33-28/h6-7,9-19,27H,5,8,20H2,1-4H3,(H,32,33,34,35). The monoisotopic (exact) mass is 507 g/mol. The average molecular weight is 508 g/mol. The van der Waals surface area contributed by atoms with E-state index in [1.807, 2.05) is 47.3 Å². The van der Waals surface area contributed by atoms with Crippen molar-refractivity contribution in [2.24, 2.45) is 0 Å². The lowest BCUT2D eigenvalue weighted by Gasteiger charge is -2.28. The molecule has 5 aromatic rings. The van der Waals surface area contributed by atoms with E-state index in [2.05, 4.69) is 77.6 Å². The summed E-state index contributed by atoms with van der Waals surface area (Å²) in [5.74, 6) is 0.522. The van der Waals surface area contributed by atoms with Crippen LogP contribution in [0.1, 0.15) is 63.3 Å². The second-order valence-electron chi connectivity index (χ2n) is 10.6. The number of aromatic nitrogens is 7. The summed E-state index contributed by atoms with van der Waals surface area (Å²) < 4.78 is 3.68. The molecule has 0 amide bonds. The Bertz CT molecular complexity index is 1560. The molecule has 2 aromatic carbocycles. The van der Waals surface area contributed by atoms with Crippen molar-refractivity contribution >= 4 is 0 Å². The van der Waals surface area contributed by atoms with Crippen molar-refractivity contribution in [1.82, 2.24) is 34.7 Å². The first-order valence-corrected chi connectivity index (χ1v) is 13.0. The minimum atomic E-state index is -0.00558. The molecule has 8 nitrogen and oxygen atoms in total. The normalized spacial score (nSPS) is 12.5. The minimum absolute atomic E-state index is 0.000641. The van der Waals surface area contributed by atoms with Crippen molar-refractivity contribution in [3.8, 4) is 22.5 Å². The van der Waals surface area contributed by atoms with Crippen molar-refractivity contribution in [3.63, 3.8) is 0 Å². The summed E-state index contributed by atoms with van der Waals surface area (Å²) in [5.41, 5.74) is 6.31. The third kappa shape index (κ3) is 5.07. The van der Waals surface area contributed by atoms with Crippen molar-refractivity contribution in [2.45, 2.75) is 58.5 Å². The van der Waals surface area contributed by atoms with Gasteiger partial charge in [0, 0.05) is 35.9 Å². The predicted octanol–water partition coefficient (Wildman–Crippen LogP) is 5.63. The first kappa shape index (κ1) is 25.3. The van der Waals surface area contributed by atoms with Crippen LogP contribution < -0.4 is 5.69 Å². The third-order valence-corrected chi connectivity index (χ3v) is 6.92. The number of imidazole rings is 1. The molecule has 8 heteroatoms. The Kier molecular flexibility index (Phi) is 7.05. The summed E-state index contributed by atoms with van der Waals surface area (Å²) in [6.07, 6.45) is 9.24. The highest BCUT2D eigenvalue weighted by atomic mass is 16.1. The summed E-state index contributed by atoms with van der Waals surface area (Å²) in [6, 6.07) is 18.6. The maximum absolute atomic E-state index is 13.6. The van der Waals surface area contributed by atoms with Gasteiger partial charge in [0.05, 0.1) is 12.6 Å². The Morgan fingerprint density at radius 1 is 0.974 bits per heavy atom. The van der Waals surface area contributed by atoms with Gasteiger partial charge in [0.2, 0.25) is 5.82 Å². The zero-order chi connectivity index (χ0) is 26.7. The zero-order valence-corrected chi connectivity index (χ0v) is 22.3. The molecule has 0 bridgehead atoms. The van der Waals surface area contributed by atoms with Crippen LogP contribution in [0.15, 0.2) is 84.2 Å². The van der Waals surface area contributed by atoms with Crippen LogP contribution in [0.2, 0.25) is 0 Å². The number of H-pyrrole nitrogens is 1. The fourth-order valence-corrected chi connectivity index (χ4v) is 5.06. The van der Waals surface area contributed by atoms with Gasteiger partial charge >= 0.3 is 5.69 Å². The molecule has 0 spiro atoms. The van der Waals surface area contributed by atoms with Gasteiger partial charge in [-0.2, -0.15) is 5.21 Å². The summed E-state index contributed by atoms with van der Waals surface area (Å²) in [5, 5.41) is 14.4. The summed E-state index contributed by atoms with van der Waals surface area (Å²) >= 11 is 0. The SMILES string of the molecule is CCCC(c1ccccc1C(C)(C)C)n1ccn(Cc2ccc(-c3cnccc3-c3nn[nH]n3)cc2)c1=O. The molecule has 194 valence electrons. The maximum atomic E-state index is 13.6. The van der Waals surface area contributed by atoms with E-state index in [-0.39, 0.29) is 17.1 Å². The molecular formula is C30H33N7O. The van der Waals surface area contributed by atoms with Crippen molar-refractivity contribution in [1.29, 1.82) is 0 Å². The van der Waals surface area contributed by atoms with Crippen LogP contribution in [0.4, 0.5) is 0 Å². The van der Waals surface area contributed by atoms with E-state index in [0.29, 0.717) is 12.4 Å². The van der Waals surface area contributed by atoms with Crippen molar-refractivity contribution in [2.75, 3.05) is 0 Å². The van der Waals surface area contributed by atoms with Crippen LogP contribution in [-0.4, -0.2) is 34.7 Å². The Labute approximate surface area is 222 Å². The molecule has 38 heavy (non-hydrogen) atoms. The highest BCUT2D eigenvalue weighted by molar-refractivity contribution is 5.79. The molecule has 5 rings (SSSR count). The topological polar surface area (TPSA) is 94.3 Å². The van der Waals surface area contributed by atoms with Gasteiger partial charge in [-0.25, -0.2) is 4.79 Å². The lowest BCUT2D eigenvalue weighted by atomic mass is 9.81. The number of aromatic amines is 1. The second-order valence-corrected chi connectivity index (χ2v) is 10.6. The number of nitrogens with zero attached hydrogens (tertiary/aromatic N) is 6. The lowest BCUT2D eigenvalue weighted by Crippen LogP contribution is -2.29. The number of hydrogen-bond acceptors (Lipinski definition) is 5. The van der Waals surface area contributed by atoms with Gasteiger partial charge in [-0.3, -0.25) is 14.1 Å². The van der Waals surface area contributed by atoms with Gasteiger partial charge in [0.1, 0.15) is 0 Å². The van der Waals surface area contributed by atoms with Crippen molar-refractivity contribution < 1.29 is 0 Å². The van der Waals surface area contributed by atoms with Gasteiger partial charge in [-0.05, 0) is 45.4 Å². The molecule has 0 aliphatic carbocycles. The van der Waals surface area contributed by atoms with Crippen LogP contribution in [0, 0.1) is 0 Å². The molecule has 0 aliphatic heterocycles. The second kappa shape index (κ2) is 10.6. The number of benzene rings is 2. The van der Waals surface area contributed by atoms with E-state index in [1.54, 1.807) is 17.0 Å². The van der Waals surface area contributed by atoms with Crippen LogP contribution in [0.5, 0.6) is 0 Å². The molecule has 3 aromatic heterocycles. The van der Waals surface area contributed by atoms with Gasteiger partial charge in [-0.15, -0.1) is 10.2 Å². The molecule has 0 aliphatic rings. The fraction of sp³-hybridized carbons (Fsp3) is 0.300. The molecule has 1 unspecified atom stereocenters. The average Bonchev–Trinajstić information content (AvgIpc) is 3.58. The number of hydrogen-bond donors (Lipinski definition) is 1. The molecular weight excluding hydrogens is 474 g/mol. The Balaban J connectivity index is 1.42. The predicted molar refractivity (Wildman–Crippen MR) is 149 cm³/mol. The number of rotatable bonds is 8. The van der Waals surface area contributed by atoms with E-state index in [1.165, 1.54) is 11.1 Å². The first-order chi connectivity index (χ1) is 18.4. The Morgan fingerprint density at radius 2 is 1.76 bits per heavy atom. The van der Waals surface area contributed by atoms with Crippen LogP contribution >= 0.6 is 0 Å². The quantitative estimate of drug-likeness (QED) is 0.294. The molecule has 0 saturated heterocycles. The number of tetrazole rings is 1. The van der Waals surface area contributed by atoms with Gasteiger partial charge in [0.25, 0.3) is 0 Å². The van der Waals surface area contributed by atoms with E-state index < -0.39 is 0 Å². The summed E-state index contributed by atoms with van der Waals surface area (Å²) in [4.78, 5) is 17.9. The van der Waals surface area contributed by atoms with E-state index >= 15 is 0 Å². The van der Waals surface area contributed by atoms with E-state index in [4.69, 9.17) is 0 Å². The molecule has 0 fully saturated rings. The molecule has 1 atom stereocenters. The number of pyridine rings is 1. The fourth-order valence-electron chi connectivity index (χ4n) is 5.06. The molecule has 0 radical (unpaired) electrons. The smallest absolute Gasteiger partial charge is 0.295 e. The van der Waals surface area contributed by atoms with Gasteiger partial charge in [-0.1, -0.05) is 82.6 Å². The highest BCUT2D eigenvalue weighted by Crippen LogP contribution is 2.33. The molecule has 1 N–H and O–H groups in total. The van der Waals surface area contributed by atoms with Crippen molar-refractivity contribution in [3.05, 3.63) is 107 Å². The van der Waals surface area contributed by atoms with Crippen LogP contribution in [-0.2, 0) is 12.0 Å². The first-order valence-electron chi connectivity index (χ1n) is 13.0. The summed E-state index contributed by atoms with van der Waals surface area (Å²) in [7, 11) is 0. The van der Waals surface area contributed by atoms with Crippen LogP contribution in [0.3, 0.4) is 0 Å². The minimum Gasteiger partial charge on any atom is -0.295 e. The highest BCUT2D eigenvalue weighted by Gasteiger charge is 2.24. The van der Waals surface area contributed by atoms with E-state index in [0.717, 1.165) is 35.1 Å². The van der Waals surface area contributed by atoms with Gasteiger partial charge < -0.3 is 0 Å². The number of nitrogens with one attached hydrogen (secondary N) is 1. The molecule has 3 heterocycles. The van der Waals surface area contributed by atoms with Crippen LogP contribution in [0.25, 0.3) is 22.5 Å². The zero-order valence-electron chi connectivity index (χ0n) is 22.3. The lowest BCUT2D eigenvalue weighted by molar-refractivity contribution is 0.489. The van der Waals surface area contributed by atoms with E-state index in [9.17, 15) is 4.79 Å².